The average molecular weight is 466 g/mol. The number of thiol groups is 1. The molecule has 0 fully saturated rings. The lowest BCUT2D eigenvalue weighted by Gasteiger charge is -2.26. The first kappa shape index (κ1) is 24.2. The molecule has 0 bridgehead atoms. The first-order valence-electron chi connectivity index (χ1n) is 10.6. The molecule has 0 aliphatic heterocycles. The van der Waals surface area contributed by atoms with Crippen LogP contribution in [0.1, 0.15) is 17.5 Å². The quantitative estimate of drug-likeness (QED) is 0.361. The van der Waals surface area contributed by atoms with Gasteiger partial charge in [-0.2, -0.15) is 12.6 Å². The number of benzene rings is 3. The first-order valence-corrected chi connectivity index (χ1v) is 11.3. The van der Waals surface area contributed by atoms with Crippen LogP contribution in [0.25, 0.3) is 0 Å². The van der Waals surface area contributed by atoms with E-state index < -0.39 is 18.4 Å². The summed E-state index contributed by atoms with van der Waals surface area (Å²) in [4.78, 5) is 26.0. The molecule has 3 rings (SSSR count). The van der Waals surface area contributed by atoms with Crippen molar-refractivity contribution in [2.75, 3.05) is 17.2 Å². The number of phenols is 1. The summed E-state index contributed by atoms with van der Waals surface area (Å²) in [5, 5.41) is 18.7. The number of amides is 1. The van der Waals surface area contributed by atoms with E-state index in [0.717, 1.165) is 11.1 Å². The molecule has 1 atom stereocenters. The summed E-state index contributed by atoms with van der Waals surface area (Å²) < 4.78 is 5.75. The molecule has 0 radical (unpaired) electrons. The number of anilines is 1. The molecule has 0 saturated carbocycles. The predicted octanol–water partition coefficient (Wildman–Crippen LogP) is 4.57. The van der Waals surface area contributed by atoms with Crippen molar-refractivity contribution in [2.24, 2.45) is 5.92 Å². The maximum absolute atomic E-state index is 13.2. The van der Waals surface area contributed by atoms with E-state index in [4.69, 9.17) is 4.74 Å². The van der Waals surface area contributed by atoms with Gasteiger partial charge in [0.15, 0.2) is 0 Å². The summed E-state index contributed by atoms with van der Waals surface area (Å²) in [7, 11) is 0. The summed E-state index contributed by atoms with van der Waals surface area (Å²) in [5.41, 5.74) is 2.51. The molecule has 0 aliphatic carbocycles. The SMILES string of the molecule is O=C(O)CN(C(=O)C(CS)CCc1ccccc1)c1ccc(OCc2ccc(O)cc2)cc1. The van der Waals surface area contributed by atoms with Crippen molar-refractivity contribution in [3.8, 4) is 11.5 Å². The molecule has 0 spiro atoms. The normalized spacial score (nSPS) is 11.5. The molecule has 33 heavy (non-hydrogen) atoms. The smallest absolute Gasteiger partial charge is 0.323 e. The number of carboxylic acids is 1. The minimum atomic E-state index is -1.09. The van der Waals surface area contributed by atoms with Crippen LogP contribution in [0.2, 0.25) is 0 Å². The molecule has 3 aromatic carbocycles. The second kappa shape index (κ2) is 12.0. The van der Waals surface area contributed by atoms with Gasteiger partial charge in [0.25, 0.3) is 0 Å². The van der Waals surface area contributed by atoms with Crippen LogP contribution in [0.3, 0.4) is 0 Å². The molecule has 0 saturated heterocycles. The Bertz CT molecular complexity index is 1040. The van der Waals surface area contributed by atoms with Gasteiger partial charge >= 0.3 is 5.97 Å². The molecule has 7 heteroatoms. The minimum absolute atomic E-state index is 0.189. The fourth-order valence-corrected chi connectivity index (χ4v) is 3.75. The van der Waals surface area contributed by atoms with Crippen LogP contribution in [0.5, 0.6) is 11.5 Å². The fraction of sp³-hybridized carbons (Fsp3) is 0.231. The van der Waals surface area contributed by atoms with E-state index in [0.29, 0.717) is 36.6 Å². The van der Waals surface area contributed by atoms with Gasteiger partial charge in [-0.3, -0.25) is 9.59 Å². The summed E-state index contributed by atoms with van der Waals surface area (Å²) in [6, 6.07) is 23.3. The molecule has 1 unspecified atom stereocenters. The van der Waals surface area contributed by atoms with Crippen molar-refractivity contribution in [3.05, 3.63) is 90.0 Å². The number of carbonyl (C=O) groups is 2. The highest BCUT2D eigenvalue weighted by atomic mass is 32.1. The zero-order chi connectivity index (χ0) is 23.6. The van der Waals surface area contributed by atoms with Gasteiger partial charge in [-0.25, -0.2) is 0 Å². The van der Waals surface area contributed by atoms with E-state index in [9.17, 15) is 19.8 Å². The van der Waals surface area contributed by atoms with Gasteiger partial charge in [0.05, 0.1) is 0 Å². The topological polar surface area (TPSA) is 87.1 Å². The zero-order valence-electron chi connectivity index (χ0n) is 18.1. The Morgan fingerprint density at radius 1 is 0.909 bits per heavy atom. The number of carboxylic acid groups (broad SMARTS) is 1. The van der Waals surface area contributed by atoms with Gasteiger partial charge in [0, 0.05) is 17.4 Å². The maximum Gasteiger partial charge on any atom is 0.323 e. The number of ether oxygens (including phenoxy) is 1. The minimum Gasteiger partial charge on any atom is -0.508 e. The predicted molar refractivity (Wildman–Crippen MR) is 131 cm³/mol. The van der Waals surface area contributed by atoms with E-state index in [1.54, 1.807) is 48.5 Å². The van der Waals surface area contributed by atoms with Crippen LogP contribution in [0.15, 0.2) is 78.9 Å². The lowest BCUT2D eigenvalue weighted by atomic mass is 9.99. The third kappa shape index (κ3) is 7.29. The van der Waals surface area contributed by atoms with Crippen molar-refractivity contribution in [3.63, 3.8) is 0 Å². The van der Waals surface area contributed by atoms with Crippen LogP contribution in [-0.2, 0) is 22.6 Å². The van der Waals surface area contributed by atoms with Gasteiger partial charge in [0.2, 0.25) is 5.91 Å². The Kier molecular flexibility index (Phi) is 8.78. The van der Waals surface area contributed by atoms with Gasteiger partial charge in [-0.05, 0) is 60.4 Å². The number of carbonyl (C=O) groups excluding carboxylic acids is 1. The van der Waals surface area contributed by atoms with Gasteiger partial charge in [0.1, 0.15) is 24.7 Å². The number of hydrogen-bond acceptors (Lipinski definition) is 5. The van der Waals surface area contributed by atoms with Crippen molar-refractivity contribution >= 4 is 30.2 Å². The molecular formula is C26H27NO5S. The van der Waals surface area contributed by atoms with Gasteiger partial charge in [-0.15, -0.1) is 0 Å². The average Bonchev–Trinajstić information content (AvgIpc) is 2.83. The molecular weight excluding hydrogens is 438 g/mol. The fourth-order valence-electron chi connectivity index (χ4n) is 3.41. The van der Waals surface area contributed by atoms with Crippen LogP contribution >= 0.6 is 12.6 Å². The van der Waals surface area contributed by atoms with Crippen molar-refractivity contribution in [2.45, 2.75) is 19.4 Å². The van der Waals surface area contributed by atoms with Crippen molar-refractivity contribution in [1.29, 1.82) is 0 Å². The summed E-state index contributed by atoms with van der Waals surface area (Å²) in [6.07, 6.45) is 1.29. The molecule has 0 aliphatic rings. The van der Waals surface area contributed by atoms with Crippen LogP contribution in [-0.4, -0.2) is 34.4 Å². The number of rotatable bonds is 11. The zero-order valence-corrected chi connectivity index (χ0v) is 19.0. The van der Waals surface area contributed by atoms with E-state index >= 15 is 0 Å². The highest BCUT2D eigenvalue weighted by molar-refractivity contribution is 7.80. The third-order valence-electron chi connectivity index (χ3n) is 5.24. The number of hydrogen-bond donors (Lipinski definition) is 3. The van der Waals surface area contributed by atoms with Gasteiger partial charge in [-0.1, -0.05) is 42.5 Å². The van der Waals surface area contributed by atoms with Gasteiger partial charge < -0.3 is 19.8 Å². The van der Waals surface area contributed by atoms with Crippen molar-refractivity contribution in [1.82, 2.24) is 0 Å². The summed E-state index contributed by atoms with van der Waals surface area (Å²) in [5.74, 6) is -0.648. The Balaban J connectivity index is 1.67. The van der Waals surface area contributed by atoms with Crippen LogP contribution in [0, 0.1) is 5.92 Å². The molecule has 2 N–H and O–H groups in total. The van der Waals surface area contributed by atoms with E-state index in [2.05, 4.69) is 12.6 Å². The third-order valence-corrected chi connectivity index (χ3v) is 5.68. The molecule has 1 amide bonds. The second-order valence-corrected chi connectivity index (χ2v) is 8.04. The monoisotopic (exact) mass is 465 g/mol. The van der Waals surface area contributed by atoms with Crippen molar-refractivity contribution < 1.29 is 24.5 Å². The van der Waals surface area contributed by atoms with Crippen LogP contribution in [0.4, 0.5) is 5.69 Å². The molecule has 172 valence electrons. The second-order valence-electron chi connectivity index (χ2n) is 7.67. The molecule has 0 aromatic heterocycles. The maximum atomic E-state index is 13.2. The van der Waals surface area contributed by atoms with E-state index in [1.165, 1.54) is 4.90 Å². The lowest BCUT2D eigenvalue weighted by molar-refractivity contribution is -0.137. The Labute approximate surface area is 198 Å². The highest BCUT2D eigenvalue weighted by Gasteiger charge is 2.26. The lowest BCUT2D eigenvalue weighted by Crippen LogP contribution is -2.40. The summed E-state index contributed by atoms with van der Waals surface area (Å²) >= 11 is 4.35. The first-order chi connectivity index (χ1) is 16.0. The largest absolute Gasteiger partial charge is 0.508 e. The van der Waals surface area contributed by atoms with E-state index in [1.807, 2.05) is 30.3 Å². The number of phenolic OH excluding ortho intramolecular Hbond substituents is 1. The number of aryl methyl sites for hydroxylation is 1. The number of aromatic hydroxyl groups is 1. The highest BCUT2D eigenvalue weighted by Crippen LogP contribution is 2.24. The molecule has 6 nitrogen and oxygen atoms in total. The Hall–Kier alpha value is -3.45. The molecule has 3 aromatic rings. The number of aliphatic carboxylic acids is 1. The number of nitrogens with zero attached hydrogens (tertiary/aromatic N) is 1. The Morgan fingerprint density at radius 2 is 1.58 bits per heavy atom. The van der Waals surface area contributed by atoms with Crippen LogP contribution < -0.4 is 9.64 Å². The molecule has 0 heterocycles. The standard InChI is InChI=1S/C26H27NO5S/c28-23-12-7-20(8-13-23)17-32-24-14-10-22(11-15-24)27(16-25(29)30)26(31)21(18-33)9-6-19-4-2-1-3-5-19/h1-5,7-8,10-15,21,28,33H,6,9,16-18H2,(H,29,30). The Morgan fingerprint density at radius 3 is 2.18 bits per heavy atom. The summed E-state index contributed by atoms with van der Waals surface area (Å²) in [6.45, 7) is -0.110. The van der Waals surface area contributed by atoms with E-state index in [-0.39, 0.29) is 11.7 Å².